The predicted octanol–water partition coefficient (Wildman–Crippen LogP) is 5.60. The summed E-state index contributed by atoms with van der Waals surface area (Å²) < 4.78 is 27.1. The molecule has 0 N–H and O–H groups in total. The Bertz CT molecular complexity index is 383. The van der Waals surface area contributed by atoms with Crippen LogP contribution in [0.25, 0.3) is 0 Å². The van der Waals surface area contributed by atoms with Crippen LogP contribution in [-0.4, -0.2) is 0 Å². The zero-order valence-electron chi connectivity index (χ0n) is 9.45. The van der Waals surface area contributed by atoms with Crippen molar-refractivity contribution in [3.05, 3.63) is 33.8 Å². The van der Waals surface area contributed by atoms with Crippen molar-refractivity contribution >= 4 is 31.9 Å². The standard InChI is InChI=1S/C12H14Br2F2/c1-12(2,3)6-9(14)7-4-11(16)8(13)5-10(7)15/h4-5,9H,6H2,1-3H3. The molecule has 0 saturated carbocycles. The van der Waals surface area contributed by atoms with Gasteiger partial charge in [-0.2, -0.15) is 0 Å². The van der Waals surface area contributed by atoms with Crippen molar-refractivity contribution in [2.24, 2.45) is 5.41 Å². The van der Waals surface area contributed by atoms with Crippen molar-refractivity contribution < 1.29 is 8.78 Å². The molecule has 1 unspecified atom stereocenters. The molecule has 0 radical (unpaired) electrons. The minimum Gasteiger partial charge on any atom is -0.207 e. The molecular weight excluding hydrogens is 342 g/mol. The van der Waals surface area contributed by atoms with Crippen molar-refractivity contribution in [1.82, 2.24) is 0 Å². The molecule has 0 aromatic heterocycles. The van der Waals surface area contributed by atoms with E-state index in [0.29, 0.717) is 5.56 Å². The monoisotopic (exact) mass is 354 g/mol. The molecule has 16 heavy (non-hydrogen) atoms. The van der Waals surface area contributed by atoms with Crippen LogP contribution >= 0.6 is 31.9 Å². The topological polar surface area (TPSA) is 0 Å². The van der Waals surface area contributed by atoms with Gasteiger partial charge in [0.15, 0.2) is 0 Å². The Balaban J connectivity index is 3.00. The molecule has 0 aliphatic rings. The molecule has 1 atom stereocenters. The van der Waals surface area contributed by atoms with Gasteiger partial charge < -0.3 is 0 Å². The largest absolute Gasteiger partial charge is 0.207 e. The maximum atomic E-state index is 13.6. The zero-order chi connectivity index (χ0) is 12.5. The third-order valence-corrected chi connectivity index (χ3v) is 3.59. The highest BCUT2D eigenvalue weighted by Crippen LogP contribution is 2.37. The van der Waals surface area contributed by atoms with Gasteiger partial charge >= 0.3 is 0 Å². The smallest absolute Gasteiger partial charge is 0.137 e. The number of alkyl halides is 1. The molecule has 1 rings (SSSR count). The number of hydrogen-bond donors (Lipinski definition) is 0. The Morgan fingerprint density at radius 3 is 2.25 bits per heavy atom. The van der Waals surface area contributed by atoms with Gasteiger partial charge in [-0.25, -0.2) is 8.78 Å². The molecule has 0 heterocycles. The first-order chi connectivity index (χ1) is 7.20. The molecule has 0 saturated heterocycles. The van der Waals surface area contributed by atoms with Gasteiger partial charge in [0.25, 0.3) is 0 Å². The summed E-state index contributed by atoms with van der Waals surface area (Å²) in [5, 5.41) is 0. The molecule has 0 spiro atoms. The summed E-state index contributed by atoms with van der Waals surface area (Å²) in [4.78, 5) is -0.171. The fourth-order valence-corrected chi connectivity index (χ4v) is 3.06. The molecule has 0 aliphatic carbocycles. The first kappa shape index (κ1) is 14.1. The van der Waals surface area contributed by atoms with Gasteiger partial charge in [-0.15, -0.1) is 0 Å². The molecule has 0 fully saturated rings. The van der Waals surface area contributed by atoms with E-state index in [0.717, 1.165) is 6.42 Å². The molecule has 0 bridgehead atoms. The lowest BCUT2D eigenvalue weighted by atomic mass is 9.88. The molecule has 90 valence electrons. The van der Waals surface area contributed by atoms with Crippen molar-refractivity contribution in [2.75, 3.05) is 0 Å². The molecule has 0 aliphatic heterocycles. The second-order valence-corrected chi connectivity index (χ2v) is 6.98. The maximum Gasteiger partial charge on any atom is 0.137 e. The normalized spacial score (nSPS) is 13.9. The highest BCUT2D eigenvalue weighted by Gasteiger charge is 2.21. The molecule has 1 aromatic rings. The molecule has 0 amide bonds. The summed E-state index contributed by atoms with van der Waals surface area (Å²) in [6.45, 7) is 6.19. The summed E-state index contributed by atoms with van der Waals surface area (Å²) in [6.07, 6.45) is 0.741. The van der Waals surface area contributed by atoms with Crippen molar-refractivity contribution in [1.29, 1.82) is 0 Å². The fourth-order valence-electron chi connectivity index (χ4n) is 1.43. The quantitative estimate of drug-likeness (QED) is 0.478. The van der Waals surface area contributed by atoms with Crippen LogP contribution in [0.2, 0.25) is 0 Å². The summed E-state index contributed by atoms with van der Waals surface area (Å²) in [5.41, 5.74) is 0.431. The third-order valence-electron chi connectivity index (χ3n) is 2.17. The van der Waals surface area contributed by atoms with Gasteiger partial charge in [0.2, 0.25) is 0 Å². The third kappa shape index (κ3) is 3.81. The van der Waals surface area contributed by atoms with Crippen LogP contribution in [-0.2, 0) is 0 Å². The van der Waals surface area contributed by atoms with Gasteiger partial charge in [0.1, 0.15) is 11.6 Å². The summed E-state index contributed by atoms with van der Waals surface area (Å²) >= 11 is 6.37. The predicted molar refractivity (Wildman–Crippen MR) is 69.8 cm³/mol. The van der Waals surface area contributed by atoms with E-state index >= 15 is 0 Å². The van der Waals surface area contributed by atoms with Gasteiger partial charge in [-0.3, -0.25) is 0 Å². The highest BCUT2D eigenvalue weighted by molar-refractivity contribution is 9.10. The van der Waals surface area contributed by atoms with E-state index in [4.69, 9.17) is 0 Å². The Morgan fingerprint density at radius 2 is 1.75 bits per heavy atom. The maximum absolute atomic E-state index is 13.6. The molecule has 1 aromatic carbocycles. The van der Waals surface area contributed by atoms with E-state index in [-0.39, 0.29) is 20.5 Å². The Morgan fingerprint density at radius 1 is 1.19 bits per heavy atom. The molecule has 4 heteroatoms. The van der Waals surface area contributed by atoms with Gasteiger partial charge in [0.05, 0.1) is 4.47 Å². The van der Waals surface area contributed by atoms with Crippen LogP contribution in [0.4, 0.5) is 8.78 Å². The number of benzene rings is 1. The number of hydrogen-bond acceptors (Lipinski definition) is 0. The van der Waals surface area contributed by atoms with E-state index < -0.39 is 5.82 Å². The Hall–Kier alpha value is 0.0400. The van der Waals surface area contributed by atoms with Crippen molar-refractivity contribution in [3.63, 3.8) is 0 Å². The molecule has 0 nitrogen and oxygen atoms in total. The van der Waals surface area contributed by atoms with Crippen LogP contribution in [0.5, 0.6) is 0 Å². The van der Waals surface area contributed by atoms with E-state index in [2.05, 4.69) is 52.6 Å². The average molecular weight is 356 g/mol. The zero-order valence-corrected chi connectivity index (χ0v) is 12.6. The summed E-state index contributed by atoms with van der Waals surface area (Å²) in [7, 11) is 0. The van der Waals surface area contributed by atoms with Crippen LogP contribution < -0.4 is 0 Å². The summed E-state index contributed by atoms with van der Waals surface area (Å²) in [5.74, 6) is -0.825. The van der Waals surface area contributed by atoms with Crippen molar-refractivity contribution in [3.8, 4) is 0 Å². The second kappa shape index (κ2) is 5.13. The van der Waals surface area contributed by atoms with Gasteiger partial charge in [-0.05, 0) is 39.9 Å². The van der Waals surface area contributed by atoms with E-state index in [9.17, 15) is 8.78 Å². The fraction of sp³-hybridized carbons (Fsp3) is 0.500. The van der Waals surface area contributed by atoms with E-state index in [1.165, 1.54) is 12.1 Å². The molecular formula is C12H14Br2F2. The van der Waals surface area contributed by atoms with Crippen LogP contribution in [0.3, 0.4) is 0 Å². The minimum absolute atomic E-state index is 0.0597. The van der Waals surface area contributed by atoms with Crippen molar-refractivity contribution in [2.45, 2.75) is 32.0 Å². The lowest BCUT2D eigenvalue weighted by molar-refractivity contribution is 0.373. The lowest BCUT2D eigenvalue weighted by Gasteiger charge is -2.22. The van der Waals surface area contributed by atoms with E-state index in [1.807, 2.05) is 0 Å². The highest BCUT2D eigenvalue weighted by atomic mass is 79.9. The first-order valence-corrected chi connectivity index (χ1v) is 6.70. The van der Waals surface area contributed by atoms with Gasteiger partial charge in [0, 0.05) is 10.4 Å². The first-order valence-electron chi connectivity index (χ1n) is 4.99. The average Bonchev–Trinajstić information content (AvgIpc) is 2.08. The number of rotatable bonds is 2. The van der Waals surface area contributed by atoms with Crippen LogP contribution in [0.15, 0.2) is 16.6 Å². The second-order valence-electron chi connectivity index (χ2n) is 5.02. The van der Waals surface area contributed by atoms with Gasteiger partial charge in [-0.1, -0.05) is 36.7 Å². The van der Waals surface area contributed by atoms with Crippen LogP contribution in [0.1, 0.15) is 37.6 Å². The minimum atomic E-state index is -0.435. The van der Waals surface area contributed by atoms with Crippen LogP contribution in [0, 0.1) is 17.0 Å². The lowest BCUT2D eigenvalue weighted by Crippen LogP contribution is -2.09. The Labute approximate surface area is 112 Å². The Kier molecular flexibility index (Phi) is 4.52. The van der Waals surface area contributed by atoms with E-state index in [1.54, 1.807) is 0 Å². The SMILES string of the molecule is CC(C)(C)CC(Br)c1cc(F)c(Br)cc1F. The summed E-state index contributed by atoms with van der Waals surface area (Å²) in [6, 6.07) is 2.41. The number of halogens is 4.